The summed E-state index contributed by atoms with van der Waals surface area (Å²) in [6.45, 7) is 6.36. The molecule has 0 aromatic rings. The molecule has 1 N–H and O–H groups in total. The van der Waals surface area contributed by atoms with E-state index in [1.807, 2.05) is 6.92 Å². The summed E-state index contributed by atoms with van der Waals surface area (Å²) in [5.74, 6) is -0.252. The molecular weight excluding hydrogens is 180 g/mol. The molecule has 3 nitrogen and oxygen atoms in total. The Bertz CT molecular complexity index is 272. The van der Waals surface area contributed by atoms with Crippen LogP contribution in [0.4, 0.5) is 0 Å². The van der Waals surface area contributed by atoms with E-state index in [2.05, 4.69) is 13.8 Å². The average Bonchev–Trinajstić information content (AvgIpc) is 2.21. The quantitative estimate of drug-likeness (QED) is 0.600. The van der Waals surface area contributed by atoms with Gasteiger partial charge < -0.3 is 9.84 Å². The molecule has 0 aromatic carbocycles. The first-order valence-corrected chi connectivity index (χ1v) is 5.21. The maximum atomic E-state index is 11.2. The van der Waals surface area contributed by atoms with Gasteiger partial charge in [-0.2, -0.15) is 0 Å². The highest BCUT2D eigenvalue weighted by Gasteiger charge is 2.56. The Labute approximate surface area is 84.4 Å². The molecule has 1 saturated heterocycles. The van der Waals surface area contributed by atoms with E-state index in [0.29, 0.717) is 0 Å². The van der Waals surface area contributed by atoms with Gasteiger partial charge in [-0.25, -0.2) is 0 Å². The van der Waals surface area contributed by atoms with Crippen molar-refractivity contribution in [1.82, 2.24) is 0 Å². The third-order valence-corrected chi connectivity index (χ3v) is 3.73. The maximum Gasteiger partial charge on any atom is 0.308 e. The Morgan fingerprint density at radius 3 is 2.71 bits per heavy atom. The largest absolute Gasteiger partial charge is 0.462 e. The molecular formula is C11H18O3. The predicted octanol–water partition coefficient (Wildman–Crippen LogP) is 1.49. The molecule has 1 saturated carbocycles. The first-order chi connectivity index (χ1) is 6.33. The summed E-state index contributed by atoms with van der Waals surface area (Å²) in [4.78, 5) is 11.2. The highest BCUT2D eigenvalue weighted by molar-refractivity contribution is 5.71. The van der Waals surface area contributed by atoms with Gasteiger partial charge in [-0.15, -0.1) is 0 Å². The molecule has 14 heavy (non-hydrogen) atoms. The lowest BCUT2D eigenvalue weighted by atomic mass is 9.75. The van der Waals surface area contributed by atoms with Gasteiger partial charge in [0.15, 0.2) is 0 Å². The molecule has 1 heterocycles. The molecule has 80 valence electrons. The van der Waals surface area contributed by atoms with Gasteiger partial charge in [-0.1, -0.05) is 20.8 Å². The number of hydrogen-bond donors (Lipinski definition) is 1. The van der Waals surface area contributed by atoms with Gasteiger partial charge in [-0.05, 0) is 18.3 Å². The van der Waals surface area contributed by atoms with Crippen LogP contribution in [0.2, 0.25) is 0 Å². The van der Waals surface area contributed by atoms with Crippen molar-refractivity contribution in [2.45, 2.75) is 52.2 Å². The van der Waals surface area contributed by atoms with Crippen molar-refractivity contribution in [1.29, 1.82) is 0 Å². The number of carbonyl (C=O) groups is 1. The molecule has 0 bridgehead atoms. The molecule has 3 heteroatoms. The lowest BCUT2D eigenvalue weighted by Crippen LogP contribution is -2.47. The number of aliphatic hydroxyl groups excluding tert-OH is 1. The third-order valence-electron chi connectivity index (χ3n) is 3.73. The van der Waals surface area contributed by atoms with E-state index in [0.717, 1.165) is 12.8 Å². The maximum absolute atomic E-state index is 11.2. The highest BCUT2D eigenvalue weighted by atomic mass is 16.5. The topological polar surface area (TPSA) is 46.5 Å². The molecule has 0 unspecified atom stereocenters. The summed E-state index contributed by atoms with van der Waals surface area (Å²) in [5.41, 5.74) is -0.0531. The van der Waals surface area contributed by atoms with Crippen molar-refractivity contribution in [3.8, 4) is 0 Å². The van der Waals surface area contributed by atoms with Gasteiger partial charge in [0, 0.05) is 5.41 Å². The van der Waals surface area contributed by atoms with E-state index in [1.54, 1.807) is 0 Å². The van der Waals surface area contributed by atoms with Crippen molar-refractivity contribution >= 4 is 5.97 Å². The molecule has 2 rings (SSSR count). The van der Waals surface area contributed by atoms with Crippen LogP contribution in [-0.2, 0) is 9.53 Å². The Morgan fingerprint density at radius 2 is 2.07 bits per heavy atom. The van der Waals surface area contributed by atoms with E-state index >= 15 is 0 Å². The van der Waals surface area contributed by atoms with Crippen molar-refractivity contribution in [2.24, 2.45) is 10.8 Å². The third kappa shape index (κ3) is 1.34. The van der Waals surface area contributed by atoms with E-state index in [4.69, 9.17) is 4.74 Å². The second-order valence-corrected chi connectivity index (χ2v) is 5.75. The fourth-order valence-corrected chi connectivity index (χ4v) is 3.06. The summed E-state index contributed by atoms with van der Waals surface area (Å²) >= 11 is 0. The minimum atomic E-state index is -0.532. The molecule has 0 spiro atoms. The normalized spacial score (nSPS) is 45.9. The summed E-state index contributed by atoms with van der Waals surface area (Å²) < 4.78 is 5.32. The first-order valence-electron chi connectivity index (χ1n) is 5.21. The van der Waals surface area contributed by atoms with Crippen LogP contribution < -0.4 is 0 Å². The SMILES string of the molecule is CC1(C)C[C@H]2OC(=O)C[C@H](O)[C@@]2(C)C1. The number of aliphatic hydroxyl groups is 1. The summed E-state index contributed by atoms with van der Waals surface area (Å²) in [7, 11) is 0. The monoisotopic (exact) mass is 198 g/mol. The van der Waals surface area contributed by atoms with Crippen molar-refractivity contribution in [3.05, 3.63) is 0 Å². The van der Waals surface area contributed by atoms with E-state index in [-0.39, 0.29) is 29.3 Å². The predicted molar refractivity (Wildman–Crippen MR) is 51.6 cm³/mol. The molecule has 3 atom stereocenters. The molecule has 0 amide bonds. The summed E-state index contributed by atoms with van der Waals surface area (Å²) in [6.07, 6.45) is 1.33. The second-order valence-electron chi connectivity index (χ2n) is 5.75. The number of hydrogen-bond acceptors (Lipinski definition) is 3. The zero-order valence-electron chi connectivity index (χ0n) is 9.04. The summed E-state index contributed by atoms with van der Waals surface area (Å²) in [6, 6.07) is 0. The molecule has 0 radical (unpaired) electrons. The van der Waals surface area contributed by atoms with Crippen LogP contribution in [0.3, 0.4) is 0 Å². The zero-order valence-corrected chi connectivity index (χ0v) is 9.04. The van der Waals surface area contributed by atoms with Crippen LogP contribution in [0, 0.1) is 10.8 Å². The van der Waals surface area contributed by atoms with E-state index in [1.165, 1.54) is 0 Å². The molecule has 1 aliphatic carbocycles. The van der Waals surface area contributed by atoms with Crippen LogP contribution in [0.15, 0.2) is 0 Å². The van der Waals surface area contributed by atoms with Crippen LogP contribution in [0.5, 0.6) is 0 Å². The second kappa shape index (κ2) is 2.72. The lowest BCUT2D eigenvalue weighted by Gasteiger charge is -2.39. The van der Waals surface area contributed by atoms with Gasteiger partial charge >= 0.3 is 5.97 Å². The van der Waals surface area contributed by atoms with Gasteiger partial charge in [0.25, 0.3) is 0 Å². The molecule has 2 aliphatic rings. The van der Waals surface area contributed by atoms with Gasteiger partial charge in [-0.3, -0.25) is 4.79 Å². The minimum absolute atomic E-state index is 0.0891. The first kappa shape index (κ1) is 9.97. The van der Waals surface area contributed by atoms with E-state index in [9.17, 15) is 9.90 Å². The smallest absolute Gasteiger partial charge is 0.308 e. The average molecular weight is 198 g/mol. The standard InChI is InChI=1S/C11H18O3/c1-10(2)5-8-11(3,6-10)7(12)4-9(13)14-8/h7-8,12H,4-6H2,1-3H3/t7-,8+,11+/m0/s1. The Kier molecular flexibility index (Phi) is 1.94. The van der Waals surface area contributed by atoms with Crippen LogP contribution in [0.25, 0.3) is 0 Å². The number of carbonyl (C=O) groups excluding carboxylic acids is 1. The summed E-state index contributed by atoms with van der Waals surface area (Å²) in [5, 5.41) is 9.94. The number of esters is 1. The van der Waals surface area contributed by atoms with Crippen molar-refractivity contribution < 1.29 is 14.6 Å². The Morgan fingerprint density at radius 1 is 1.43 bits per heavy atom. The van der Waals surface area contributed by atoms with Gasteiger partial charge in [0.2, 0.25) is 0 Å². The zero-order chi connectivity index (χ0) is 10.6. The van der Waals surface area contributed by atoms with Crippen molar-refractivity contribution in [2.75, 3.05) is 0 Å². The fraction of sp³-hybridized carbons (Fsp3) is 0.909. The number of rotatable bonds is 0. The van der Waals surface area contributed by atoms with Crippen LogP contribution in [0.1, 0.15) is 40.0 Å². The van der Waals surface area contributed by atoms with Crippen molar-refractivity contribution in [3.63, 3.8) is 0 Å². The molecule has 2 fully saturated rings. The Balaban J connectivity index is 2.27. The van der Waals surface area contributed by atoms with Crippen LogP contribution >= 0.6 is 0 Å². The van der Waals surface area contributed by atoms with E-state index < -0.39 is 6.10 Å². The van der Waals surface area contributed by atoms with Crippen LogP contribution in [-0.4, -0.2) is 23.3 Å². The minimum Gasteiger partial charge on any atom is -0.462 e. The highest BCUT2D eigenvalue weighted by Crippen LogP contribution is 2.54. The lowest BCUT2D eigenvalue weighted by molar-refractivity contribution is -0.177. The number of fused-ring (bicyclic) bond motifs is 1. The Hall–Kier alpha value is -0.570. The molecule has 1 aliphatic heterocycles. The van der Waals surface area contributed by atoms with Gasteiger partial charge in [0.05, 0.1) is 12.5 Å². The number of ether oxygens (including phenoxy) is 1. The fourth-order valence-electron chi connectivity index (χ4n) is 3.06. The molecule has 0 aromatic heterocycles. The van der Waals surface area contributed by atoms with Gasteiger partial charge in [0.1, 0.15) is 6.10 Å².